The molecule has 1 aliphatic rings. The fourth-order valence-electron chi connectivity index (χ4n) is 2.33. The zero-order valence-electron chi connectivity index (χ0n) is 10.6. The molecule has 0 radical (unpaired) electrons. The van der Waals surface area contributed by atoms with E-state index in [9.17, 15) is 4.79 Å². The van der Waals surface area contributed by atoms with Crippen molar-refractivity contribution in [3.05, 3.63) is 34.9 Å². The summed E-state index contributed by atoms with van der Waals surface area (Å²) in [5, 5.41) is 7.26. The summed E-state index contributed by atoms with van der Waals surface area (Å²) < 4.78 is 0. The Bertz CT molecular complexity index is 412. The molecule has 0 bridgehead atoms. The zero-order valence-corrected chi connectivity index (χ0v) is 11.3. The van der Waals surface area contributed by atoms with Gasteiger partial charge in [-0.05, 0) is 30.5 Å². The number of hydrogen-bond acceptors (Lipinski definition) is 2. The summed E-state index contributed by atoms with van der Waals surface area (Å²) in [6.45, 7) is 2.87. The number of amides is 1. The first-order chi connectivity index (χ1) is 8.69. The summed E-state index contributed by atoms with van der Waals surface area (Å²) >= 11 is 6.02. The minimum Gasteiger partial charge on any atom is -0.355 e. The van der Waals surface area contributed by atoms with Crippen molar-refractivity contribution in [1.29, 1.82) is 0 Å². The van der Waals surface area contributed by atoms with Gasteiger partial charge in [0.15, 0.2) is 0 Å². The number of nitrogens with one attached hydrogen (secondary N) is 2. The van der Waals surface area contributed by atoms with E-state index < -0.39 is 0 Å². The van der Waals surface area contributed by atoms with Crippen molar-refractivity contribution >= 4 is 17.5 Å². The van der Waals surface area contributed by atoms with Gasteiger partial charge in [-0.3, -0.25) is 4.79 Å². The summed E-state index contributed by atoms with van der Waals surface area (Å²) in [6, 6.07) is 8.61. The molecular formula is C14H19ClN2O. The van der Waals surface area contributed by atoms with Gasteiger partial charge in [0.1, 0.15) is 0 Å². The Labute approximate surface area is 113 Å². The lowest BCUT2D eigenvalue weighted by Gasteiger charge is -2.28. The van der Waals surface area contributed by atoms with Crippen LogP contribution < -0.4 is 10.6 Å². The van der Waals surface area contributed by atoms with Crippen molar-refractivity contribution in [3.8, 4) is 0 Å². The molecule has 1 aromatic carbocycles. The van der Waals surface area contributed by atoms with Gasteiger partial charge in [-0.2, -0.15) is 0 Å². The fraction of sp³-hybridized carbons (Fsp3) is 0.500. The Balaban J connectivity index is 1.99. The van der Waals surface area contributed by atoms with Crippen LogP contribution in [0.4, 0.5) is 0 Å². The largest absolute Gasteiger partial charge is 0.355 e. The van der Waals surface area contributed by atoms with Crippen LogP contribution in [0.1, 0.15) is 37.8 Å². The molecule has 1 amide bonds. The van der Waals surface area contributed by atoms with Gasteiger partial charge in [-0.25, -0.2) is 0 Å². The lowest BCUT2D eigenvalue weighted by Crippen LogP contribution is -2.46. The van der Waals surface area contributed by atoms with Crippen molar-refractivity contribution in [2.45, 2.75) is 38.3 Å². The van der Waals surface area contributed by atoms with E-state index in [0.717, 1.165) is 24.4 Å². The van der Waals surface area contributed by atoms with E-state index in [1.54, 1.807) is 0 Å². The van der Waals surface area contributed by atoms with Crippen LogP contribution in [0.3, 0.4) is 0 Å². The number of hydrogen-bond donors (Lipinski definition) is 2. The molecule has 2 N–H and O–H groups in total. The van der Waals surface area contributed by atoms with E-state index in [0.29, 0.717) is 18.5 Å². The normalized spacial score (nSPS) is 21.4. The van der Waals surface area contributed by atoms with Crippen molar-refractivity contribution in [1.82, 2.24) is 10.6 Å². The Morgan fingerprint density at radius 3 is 3.00 bits per heavy atom. The Kier molecular flexibility index (Phi) is 4.61. The van der Waals surface area contributed by atoms with E-state index in [4.69, 9.17) is 11.6 Å². The highest BCUT2D eigenvalue weighted by Crippen LogP contribution is 2.21. The van der Waals surface area contributed by atoms with Crippen LogP contribution in [0.25, 0.3) is 0 Å². The van der Waals surface area contributed by atoms with Gasteiger partial charge in [0.05, 0.1) is 0 Å². The van der Waals surface area contributed by atoms with Crippen LogP contribution in [0.15, 0.2) is 24.3 Å². The van der Waals surface area contributed by atoms with Crippen LogP contribution in [0.2, 0.25) is 5.02 Å². The van der Waals surface area contributed by atoms with E-state index in [-0.39, 0.29) is 5.91 Å². The molecule has 2 rings (SSSR count). The first-order valence-corrected chi connectivity index (χ1v) is 6.85. The summed E-state index contributed by atoms with van der Waals surface area (Å²) in [5.41, 5.74) is 1.21. The quantitative estimate of drug-likeness (QED) is 0.880. The van der Waals surface area contributed by atoms with Gasteiger partial charge >= 0.3 is 0 Å². The number of carbonyl (C=O) groups excluding carboxylic acids is 1. The van der Waals surface area contributed by atoms with E-state index in [2.05, 4.69) is 23.6 Å². The monoisotopic (exact) mass is 266 g/mol. The van der Waals surface area contributed by atoms with E-state index in [1.807, 2.05) is 18.2 Å². The number of halogens is 1. The predicted octanol–water partition coefficient (Wildman–Crippen LogP) is 2.66. The molecule has 1 fully saturated rings. The average molecular weight is 267 g/mol. The third-order valence-corrected chi connectivity index (χ3v) is 3.60. The summed E-state index contributed by atoms with van der Waals surface area (Å²) in [4.78, 5) is 11.1. The summed E-state index contributed by atoms with van der Waals surface area (Å²) in [7, 11) is 0. The molecule has 2 unspecified atom stereocenters. The van der Waals surface area contributed by atoms with Crippen molar-refractivity contribution in [2.24, 2.45) is 0 Å². The fourth-order valence-corrected chi connectivity index (χ4v) is 2.53. The van der Waals surface area contributed by atoms with Crippen LogP contribution in [0, 0.1) is 0 Å². The number of rotatable bonds is 4. The van der Waals surface area contributed by atoms with Gasteiger partial charge in [-0.1, -0.05) is 30.7 Å². The molecule has 18 heavy (non-hydrogen) atoms. The van der Waals surface area contributed by atoms with E-state index in [1.165, 1.54) is 5.56 Å². The van der Waals surface area contributed by atoms with Gasteiger partial charge < -0.3 is 10.6 Å². The molecule has 98 valence electrons. The third-order valence-electron chi connectivity index (χ3n) is 3.36. The van der Waals surface area contributed by atoms with Gasteiger partial charge in [0, 0.05) is 30.1 Å². The average Bonchev–Trinajstić information content (AvgIpc) is 2.38. The molecule has 0 aliphatic carbocycles. The maximum Gasteiger partial charge on any atom is 0.220 e. The number of benzene rings is 1. The molecule has 1 heterocycles. The highest BCUT2D eigenvalue weighted by Gasteiger charge is 2.20. The van der Waals surface area contributed by atoms with Crippen molar-refractivity contribution in [2.75, 3.05) is 6.54 Å². The number of piperidine rings is 1. The minimum atomic E-state index is 0.156. The molecule has 1 aliphatic heterocycles. The maximum atomic E-state index is 11.1. The molecule has 1 aromatic rings. The molecule has 3 nitrogen and oxygen atoms in total. The Hall–Kier alpha value is -1.06. The lowest BCUT2D eigenvalue weighted by molar-refractivity contribution is -0.122. The smallest absolute Gasteiger partial charge is 0.220 e. The van der Waals surface area contributed by atoms with Gasteiger partial charge in [0.2, 0.25) is 5.91 Å². The second-order valence-corrected chi connectivity index (χ2v) is 5.16. The molecule has 1 saturated heterocycles. The Morgan fingerprint density at radius 2 is 2.39 bits per heavy atom. The zero-order chi connectivity index (χ0) is 13.0. The number of carbonyl (C=O) groups is 1. The third kappa shape index (κ3) is 3.47. The second kappa shape index (κ2) is 6.21. The molecular weight excluding hydrogens is 248 g/mol. The van der Waals surface area contributed by atoms with Crippen molar-refractivity contribution < 1.29 is 4.79 Å². The second-order valence-electron chi connectivity index (χ2n) is 4.72. The molecule has 0 spiro atoms. The van der Waals surface area contributed by atoms with Crippen LogP contribution >= 0.6 is 11.6 Å². The molecule has 2 atom stereocenters. The van der Waals surface area contributed by atoms with Crippen LogP contribution in [0.5, 0.6) is 0 Å². The van der Waals surface area contributed by atoms with Crippen molar-refractivity contribution in [3.63, 3.8) is 0 Å². The molecule has 4 heteroatoms. The standard InChI is InChI=1S/C14H19ClN2O/c1-2-13(10-4-3-5-11(15)8-10)17-12-6-7-14(18)16-9-12/h3-5,8,12-13,17H,2,6-7,9H2,1H3,(H,16,18). The van der Waals surface area contributed by atoms with Crippen LogP contribution in [-0.4, -0.2) is 18.5 Å². The Morgan fingerprint density at radius 1 is 1.56 bits per heavy atom. The van der Waals surface area contributed by atoms with E-state index >= 15 is 0 Å². The maximum absolute atomic E-state index is 11.1. The van der Waals surface area contributed by atoms with Crippen LogP contribution in [-0.2, 0) is 4.79 Å². The predicted molar refractivity (Wildman–Crippen MR) is 73.7 cm³/mol. The minimum absolute atomic E-state index is 0.156. The van der Waals surface area contributed by atoms with Gasteiger partial charge in [0.25, 0.3) is 0 Å². The SMILES string of the molecule is CCC(NC1CCC(=O)NC1)c1cccc(Cl)c1. The molecule has 0 aromatic heterocycles. The lowest BCUT2D eigenvalue weighted by atomic mass is 10.0. The van der Waals surface area contributed by atoms with Gasteiger partial charge in [-0.15, -0.1) is 0 Å². The highest BCUT2D eigenvalue weighted by molar-refractivity contribution is 6.30. The topological polar surface area (TPSA) is 41.1 Å². The molecule has 0 saturated carbocycles. The first kappa shape index (κ1) is 13.4. The summed E-state index contributed by atoms with van der Waals surface area (Å²) in [5.74, 6) is 0.156. The first-order valence-electron chi connectivity index (χ1n) is 6.47. The summed E-state index contributed by atoms with van der Waals surface area (Å²) in [6.07, 6.45) is 2.53. The highest BCUT2D eigenvalue weighted by atomic mass is 35.5.